The van der Waals surface area contributed by atoms with Crippen molar-refractivity contribution in [3.8, 4) is 16.8 Å². The first kappa shape index (κ1) is 19.9. The highest BCUT2D eigenvalue weighted by Gasteiger charge is 2.19. The van der Waals surface area contributed by atoms with Crippen molar-refractivity contribution in [2.75, 3.05) is 4.90 Å². The summed E-state index contributed by atoms with van der Waals surface area (Å²) >= 11 is 0. The number of anilines is 3. The van der Waals surface area contributed by atoms with E-state index in [4.69, 9.17) is 11.3 Å². The third kappa shape index (κ3) is 4.44. The van der Waals surface area contributed by atoms with Crippen molar-refractivity contribution in [1.82, 2.24) is 4.57 Å². The van der Waals surface area contributed by atoms with Gasteiger partial charge < -0.3 is 13.9 Å². The van der Waals surface area contributed by atoms with Crippen molar-refractivity contribution in [2.24, 2.45) is 0 Å². The molecule has 2 aromatic heterocycles. The lowest BCUT2D eigenvalue weighted by atomic mass is 10.0. The summed E-state index contributed by atoms with van der Waals surface area (Å²) < 4.78 is 88.2. The van der Waals surface area contributed by atoms with Gasteiger partial charge >= 0.3 is 0 Å². The van der Waals surface area contributed by atoms with Crippen LogP contribution in [-0.4, -0.2) is 4.57 Å². The summed E-state index contributed by atoms with van der Waals surface area (Å²) in [5.74, 6) is 0. The third-order valence-electron chi connectivity index (χ3n) is 9.06. The molecule has 0 amide bonds. The van der Waals surface area contributed by atoms with E-state index in [0.29, 0.717) is 33.8 Å². The molecule has 230 valence electrons. The van der Waals surface area contributed by atoms with Gasteiger partial charge in [-0.2, -0.15) is 0 Å². The number of furan rings is 1. The maximum atomic E-state index is 9.56. The lowest BCUT2D eigenvalue weighted by Crippen LogP contribution is -2.09. The molecule has 0 saturated carbocycles. The van der Waals surface area contributed by atoms with Crippen molar-refractivity contribution in [3.05, 3.63) is 182 Å². The van der Waals surface area contributed by atoms with Gasteiger partial charge in [0.1, 0.15) is 11.2 Å². The van der Waals surface area contributed by atoms with E-state index in [-0.39, 0.29) is 51.8 Å². The molecule has 0 N–H and O–H groups in total. The summed E-state index contributed by atoms with van der Waals surface area (Å²) in [5.41, 5.74) is 4.97. The number of hydrogen-bond acceptors (Lipinski definition) is 2. The Hall–Kier alpha value is -6.58. The average Bonchev–Trinajstić information content (AvgIpc) is 3.83. The van der Waals surface area contributed by atoms with Gasteiger partial charge in [-0.3, -0.25) is 0 Å². The van der Waals surface area contributed by atoms with E-state index >= 15 is 0 Å². The first-order chi connectivity index (χ1) is 28.0. The van der Waals surface area contributed by atoms with Gasteiger partial charge in [0, 0.05) is 50.3 Å². The molecule has 0 fully saturated rings. The molecule has 0 aliphatic carbocycles. The van der Waals surface area contributed by atoms with Crippen LogP contribution >= 0.6 is 0 Å². The number of para-hydroxylation sites is 3. The standard InChI is InChI=1S/C46H30N2O/c1-3-11-31(12-4-1)32-19-22-35(23-20-32)47(37-25-27-40-39-15-8-10-18-44(39)49-45(40)30-37)36-24-26-38-33(29-36)21-28-43-46(38)41-16-7-9-17-42(41)48(43)34-13-5-2-6-14-34/h1-30H/i8D,10D,15D,17D,18D,25D,27D,28D,30D. The number of aromatic nitrogens is 1. The molecule has 0 spiro atoms. The summed E-state index contributed by atoms with van der Waals surface area (Å²) in [7, 11) is 0. The normalized spacial score (nSPS) is 14.2. The van der Waals surface area contributed by atoms with Gasteiger partial charge in [-0.25, -0.2) is 0 Å². The van der Waals surface area contributed by atoms with Crippen LogP contribution in [0, 0.1) is 0 Å². The number of nitrogens with zero attached hydrogens (tertiary/aromatic N) is 2. The fraction of sp³-hybridized carbons (Fsp3) is 0. The lowest BCUT2D eigenvalue weighted by molar-refractivity contribution is 0.669. The van der Waals surface area contributed by atoms with Crippen molar-refractivity contribution >= 4 is 71.6 Å². The Morgan fingerprint density at radius 3 is 2.08 bits per heavy atom. The van der Waals surface area contributed by atoms with Crippen molar-refractivity contribution in [2.45, 2.75) is 0 Å². The number of rotatable bonds is 5. The Morgan fingerprint density at radius 1 is 0.490 bits per heavy atom. The molecular formula is C46H30N2O. The topological polar surface area (TPSA) is 21.3 Å². The van der Waals surface area contributed by atoms with Gasteiger partial charge in [0.25, 0.3) is 0 Å². The predicted molar refractivity (Wildman–Crippen MR) is 206 cm³/mol. The largest absolute Gasteiger partial charge is 0.456 e. The van der Waals surface area contributed by atoms with Crippen LogP contribution in [0.25, 0.3) is 71.3 Å². The molecule has 3 heteroatoms. The van der Waals surface area contributed by atoms with Gasteiger partial charge in [-0.15, -0.1) is 0 Å². The van der Waals surface area contributed by atoms with Crippen LogP contribution < -0.4 is 4.90 Å². The highest BCUT2D eigenvalue weighted by Crippen LogP contribution is 2.42. The number of fused-ring (bicyclic) bond motifs is 8. The predicted octanol–water partition coefficient (Wildman–Crippen LogP) is 13.0. The van der Waals surface area contributed by atoms with Crippen LogP contribution in [0.15, 0.2) is 186 Å². The van der Waals surface area contributed by atoms with Gasteiger partial charge in [0.05, 0.1) is 23.4 Å². The molecule has 0 aliphatic rings. The van der Waals surface area contributed by atoms with E-state index in [2.05, 4.69) is 0 Å². The lowest BCUT2D eigenvalue weighted by Gasteiger charge is -2.26. The minimum absolute atomic E-state index is 0.0188. The van der Waals surface area contributed by atoms with Gasteiger partial charge in [0.2, 0.25) is 0 Å². The Balaban J connectivity index is 1.26. The minimum Gasteiger partial charge on any atom is -0.456 e. The highest BCUT2D eigenvalue weighted by atomic mass is 16.3. The molecule has 0 bridgehead atoms. The molecule has 10 rings (SSSR count). The zero-order valence-corrected chi connectivity index (χ0v) is 25.9. The molecule has 0 unspecified atom stereocenters. The second kappa shape index (κ2) is 11.0. The highest BCUT2D eigenvalue weighted by molar-refractivity contribution is 6.21. The van der Waals surface area contributed by atoms with Gasteiger partial charge in [0.15, 0.2) is 0 Å². The minimum atomic E-state index is -0.494. The fourth-order valence-electron chi connectivity index (χ4n) is 6.83. The van der Waals surface area contributed by atoms with E-state index in [0.717, 1.165) is 33.0 Å². The zero-order chi connectivity index (χ0) is 40.1. The molecule has 0 aliphatic heterocycles. The summed E-state index contributed by atoms with van der Waals surface area (Å²) in [5, 5.41) is 3.14. The number of benzene rings is 8. The first-order valence-electron chi connectivity index (χ1n) is 20.5. The molecule has 3 nitrogen and oxygen atoms in total. The van der Waals surface area contributed by atoms with E-state index in [1.807, 2.05) is 120 Å². The second-order valence-electron chi connectivity index (χ2n) is 11.9. The van der Waals surface area contributed by atoms with E-state index in [9.17, 15) is 5.48 Å². The van der Waals surface area contributed by atoms with Crippen LogP contribution in [-0.2, 0) is 0 Å². The van der Waals surface area contributed by atoms with Crippen molar-refractivity contribution in [3.63, 3.8) is 0 Å². The van der Waals surface area contributed by atoms with Crippen LogP contribution in [0.5, 0.6) is 0 Å². The summed E-state index contributed by atoms with van der Waals surface area (Å²) in [6.07, 6.45) is 0. The van der Waals surface area contributed by atoms with E-state index < -0.39 is 24.2 Å². The SMILES string of the molecule is [2H]c1c([2H])c([2H])c2c(oc3c([2H])c(N(c4ccc(-c5ccccc5)cc4)c4ccc5c(c4)cc([2H])c4c5c5cccc([2H])c5n4-c4ccccc4)c([2H])c([2H])c32)c1[2H]. The Morgan fingerprint density at radius 2 is 1.22 bits per heavy atom. The van der Waals surface area contributed by atoms with Crippen LogP contribution in [0.1, 0.15) is 12.3 Å². The molecule has 0 radical (unpaired) electrons. The summed E-state index contributed by atoms with van der Waals surface area (Å²) in [6, 6.07) is 38.1. The van der Waals surface area contributed by atoms with Gasteiger partial charge in [-0.05, 0) is 88.5 Å². The van der Waals surface area contributed by atoms with Crippen LogP contribution in [0.2, 0.25) is 0 Å². The quantitative estimate of drug-likeness (QED) is 0.188. The third-order valence-corrected chi connectivity index (χ3v) is 9.06. The molecule has 8 aromatic carbocycles. The fourth-order valence-corrected chi connectivity index (χ4v) is 6.83. The second-order valence-corrected chi connectivity index (χ2v) is 11.9. The van der Waals surface area contributed by atoms with Crippen molar-refractivity contribution < 1.29 is 16.8 Å². The zero-order valence-electron chi connectivity index (χ0n) is 34.9. The Bertz CT molecular complexity index is 3330. The smallest absolute Gasteiger partial charge is 0.137 e. The monoisotopic (exact) mass is 635 g/mol. The molecular weight excluding hydrogens is 597 g/mol. The van der Waals surface area contributed by atoms with E-state index in [1.165, 1.54) is 0 Å². The molecule has 10 aromatic rings. The van der Waals surface area contributed by atoms with E-state index in [1.54, 1.807) is 17.0 Å². The summed E-state index contributed by atoms with van der Waals surface area (Å²) in [6.45, 7) is 0. The first-order valence-corrected chi connectivity index (χ1v) is 16.0. The summed E-state index contributed by atoms with van der Waals surface area (Å²) in [4.78, 5) is 1.71. The van der Waals surface area contributed by atoms with Crippen LogP contribution in [0.3, 0.4) is 0 Å². The van der Waals surface area contributed by atoms with Crippen LogP contribution in [0.4, 0.5) is 17.1 Å². The molecule has 0 saturated heterocycles. The maximum absolute atomic E-state index is 9.56. The van der Waals surface area contributed by atoms with Gasteiger partial charge in [-0.1, -0.05) is 109 Å². The molecule has 0 atom stereocenters. The molecule has 49 heavy (non-hydrogen) atoms. The van der Waals surface area contributed by atoms with Crippen molar-refractivity contribution in [1.29, 1.82) is 0 Å². The Labute approximate surface area is 296 Å². The Kier molecular flexibility index (Phi) is 4.48. The average molecular weight is 636 g/mol. The maximum Gasteiger partial charge on any atom is 0.137 e. The molecule has 2 heterocycles. The number of hydrogen-bond donors (Lipinski definition) is 0.